The average molecular weight is 257 g/mol. The van der Waals surface area contributed by atoms with Gasteiger partial charge in [0, 0.05) is 11.3 Å². The molecule has 0 spiro atoms. The molecule has 0 bridgehead atoms. The van der Waals surface area contributed by atoms with Crippen molar-refractivity contribution in [1.29, 1.82) is 0 Å². The molecule has 0 fully saturated rings. The largest absolute Gasteiger partial charge is 0.504 e. The van der Waals surface area contributed by atoms with Crippen molar-refractivity contribution in [2.24, 2.45) is 0 Å². The summed E-state index contributed by atoms with van der Waals surface area (Å²) in [6, 6.07) is 9.97. The minimum absolute atomic E-state index is 0.124. The van der Waals surface area contributed by atoms with E-state index in [4.69, 9.17) is 11.5 Å². The van der Waals surface area contributed by atoms with E-state index < -0.39 is 0 Å². The topological polar surface area (TPSA) is 101 Å². The summed E-state index contributed by atoms with van der Waals surface area (Å²) in [5, 5.41) is 12.3. The van der Waals surface area contributed by atoms with Crippen molar-refractivity contribution in [2.45, 2.75) is 6.92 Å². The molecule has 19 heavy (non-hydrogen) atoms. The number of nitrogen functional groups attached to an aromatic ring is 2. The van der Waals surface area contributed by atoms with Crippen LogP contribution < -0.4 is 16.8 Å². The van der Waals surface area contributed by atoms with Crippen molar-refractivity contribution in [1.82, 2.24) is 0 Å². The molecule has 1 amide bonds. The maximum Gasteiger partial charge on any atom is 0.255 e. The first kappa shape index (κ1) is 12.8. The predicted molar refractivity (Wildman–Crippen MR) is 76.1 cm³/mol. The molecule has 2 aromatic rings. The smallest absolute Gasteiger partial charge is 0.255 e. The number of nitrogens with two attached hydrogens (primary N) is 2. The van der Waals surface area contributed by atoms with E-state index in [0.29, 0.717) is 11.3 Å². The zero-order chi connectivity index (χ0) is 14.0. The first-order chi connectivity index (χ1) is 8.97. The number of nitrogens with one attached hydrogen (secondary N) is 1. The molecular formula is C14H15N3O2. The Labute approximate surface area is 110 Å². The van der Waals surface area contributed by atoms with Crippen LogP contribution in [-0.4, -0.2) is 11.0 Å². The van der Waals surface area contributed by atoms with Gasteiger partial charge in [0.05, 0.1) is 11.4 Å². The van der Waals surface area contributed by atoms with E-state index in [2.05, 4.69) is 5.32 Å². The predicted octanol–water partition coefficient (Wildman–Crippen LogP) is 2.12. The van der Waals surface area contributed by atoms with Gasteiger partial charge in [-0.1, -0.05) is 17.7 Å². The number of hydrogen-bond acceptors (Lipinski definition) is 4. The molecule has 0 heterocycles. The van der Waals surface area contributed by atoms with E-state index in [1.165, 1.54) is 12.1 Å². The number of rotatable bonds is 2. The van der Waals surface area contributed by atoms with Crippen LogP contribution in [0.1, 0.15) is 15.9 Å². The van der Waals surface area contributed by atoms with Crippen LogP contribution in [0.15, 0.2) is 36.4 Å². The molecule has 98 valence electrons. The van der Waals surface area contributed by atoms with Gasteiger partial charge in [-0.2, -0.15) is 0 Å². The summed E-state index contributed by atoms with van der Waals surface area (Å²) < 4.78 is 0. The standard InChI is InChI=1S/C14H15N3O2/c1-8-2-4-9(5-3-8)14(19)17-12-7-10(15)6-11(16)13(12)18/h2-7,18H,15-16H2,1H3,(H,17,19). The van der Waals surface area contributed by atoms with Crippen LogP contribution in [0, 0.1) is 6.92 Å². The summed E-state index contributed by atoms with van der Waals surface area (Å²) in [5.74, 6) is -0.519. The van der Waals surface area contributed by atoms with Crippen LogP contribution in [0.5, 0.6) is 5.75 Å². The van der Waals surface area contributed by atoms with Crippen molar-refractivity contribution in [3.63, 3.8) is 0 Å². The second-order valence-corrected chi connectivity index (χ2v) is 4.33. The van der Waals surface area contributed by atoms with Gasteiger partial charge in [-0.3, -0.25) is 4.79 Å². The first-order valence-electron chi connectivity index (χ1n) is 5.73. The summed E-state index contributed by atoms with van der Waals surface area (Å²) in [5.41, 5.74) is 13.4. The fraction of sp³-hybridized carbons (Fsp3) is 0.0714. The molecule has 0 atom stereocenters. The minimum Gasteiger partial charge on any atom is -0.504 e. The fourth-order valence-electron chi connectivity index (χ4n) is 1.67. The lowest BCUT2D eigenvalue weighted by Gasteiger charge is -2.10. The van der Waals surface area contributed by atoms with Crippen LogP contribution in [-0.2, 0) is 0 Å². The van der Waals surface area contributed by atoms with Crippen molar-refractivity contribution in [3.05, 3.63) is 47.5 Å². The van der Waals surface area contributed by atoms with E-state index in [1.807, 2.05) is 19.1 Å². The molecular weight excluding hydrogens is 242 g/mol. The average Bonchev–Trinajstić information content (AvgIpc) is 2.36. The third-order valence-electron chi connectivity index (χ3n) is 2.72. The Balaban J connectivity index is 2.26. The lowest BCUT2D eigenvalue weighted by atomic mass is 10.1. The molecule has 5 nitrogen and oxygen atoms in total. The number of amides is 1. The Hall–Kier alpha value is -2.69. The molecule has 0 aliphatic rings. The number of carbonyl (C=O) groups excluding carboxylic acids is 1. The Morgan fingerprint density at radius 1 is 1.16 bits per heavy atom. The van der Waals surface area contributed by atoms with E-state index in [0.717, 1.165) is 5.56 Å². The van der Waals surface area contributed by atoms with Crippen LogP contribution >= 0.6 is 0 Å². The lowest BCUT2D eigenvalue weighted by Crippen LogP contribution is -2.12. The normalized spacial score (nSPS) is 10.2. The number of carbonyl (C=O) groups is 1. The van der Waals surface area contributed by atoms with E-state index in [-0.39, 0.29) is 23.0 Å². The summed E-state index contributed by atoms with van der Waals surface area (Å²) >= 11 is 0. The fourth-order valence-corrected chi connectivity index (χ4v) is 1.67. The van der Waals surface area contributed by atoms with Gasteiger partial charge in [0.1, 0.15) is 0 Å². The van der Waals surface area contributed by atoms with E-state index in [1.54, 1.807) is 12.1 Å². The van der Waals surface area contributed by atoms with Gasteiger partial charge in [0.25, 0.3) is 5.91 Å². The van der Waals surface area contributed by atoms with E-state index >= 15 is 0 Å². The molecule has 5 heteroatoms. The molecule has 0 radical (unpaired) electrons. The van der Waals surface area contributed by atoms with Crippen molar-refractivity contribution in [2.75, 3.05) is 16.8 Å². The van der Waals surface area contributed by atoms with Gasteiger partial charge in [0.2, 0.25) is 0 Å². The molecule has 0 saturated carbocycles. The molecule has 2 aromatic carbocycles. The molecule has 0 saturated heterocycles. The highest BCUT2D eigenvalue weighted by Crippen LogP contribution is 2.32. The Kier molecular flexibility index (Phi) is 3.29. The number of anilines is 3. The third-order valence-corrected chi connectivity index (χ3v) is 2.72. The minimum atomic E-state index is -0.333. The first-order valence-corrected chi connectivity index (χ1v) is 5.73. The molecule has 0 unspecified atom stereocenters. The highest BCUT2D eigenvalue weighted by molar-refractivity contribution is 6.05. The van der Waals surface area contributed by atoms with Crippen molar-refractivity contribution >= 4 is 23.0 Å². The number of aryl methyl sites for hydroxylation is 1. The highest BCUT2D eigenvalue weighted by atomic mass is 16.3. The summed E-state index contributed by atoms with van der Waals surface area (Å²) in [6.07, 6.45) is 0. The van der Waals surface area contributed by atoms with Crippen molar-refractivity contribution in [3.8, 4) is 5.75 Å². The molecule has 2 rings (SSSR count). The Bertz CT molecular complexity index is 621. The number of hydrogen-bond donors (Lipinski definition) is 4. The monoisotopic (exact) mass is 257 g/mol. The Morgan fingerprint density at radius 2 is 1.79 bits per heavy atom. The molecule has 0 aliphatic heterocycles. The van der Waals surface area contributed by atoms with Crippen LogP contribution in [0.3, 0.4) is 0 Å². The van der Waals surface area contributed by atoms with Crippen LogP contribution in [0.2, 0.25) is 0 Å². The highest BCUT2D eigenvalue weighted by Gasteiger charge is 2.11. The maximum atomic E-state index is 12.0. The maximum absolute atomic E-state index is 12.0. The summed E-state index contributed by atoms with van der Waals surface area (Å²) in [7, 11) is 0. The van der Waals surface area contributed by atoms with Gasteiger partial charge in [-0.15, -0.1) is 0 Å². The second kappa shape index (κ2) is 4.89. The SMILES string of the molecule is Cc1ccc(C(=O)Nc2cc(N)cc(N)c2O)cc1. The van der Waals surface area contributed by atoms with Crippen LogP contribution in [0.4, 0.5) is 17.1 Å². The molecule has 0 aromatic heterocycles. The van der Waals surface area contributed by atoms with Gasteiger partial charge < -0.3 is 21.9 Å². The number of benzene rings is 2. The summed E-state index contributed by atoms with van der Waals surface area (Å²) in [6.45, 7) is 1.94. The molecule has 0 aliphatic carbocycles. The van der Waals surface area contributed by atoms with Gasteiger partial charge >= 0.3 is 0 Å². The number of aromatic hydroxyl groups is 1. The molecule has 6 N–H and O–H groups in total. The third kappa shape index (κ3) is 2.77. The number of phenols is 1. The summed E-state index contributed by atoms with van der Waals surface area (Å²) in [4.78, 5) is 12.0. The lowest BCUT2D eigenvalue weighted by molar-refractivity contribution is 0.102. The van der Waals surface area contributed by atoms with E-state index in [9.17, 15) is 9.90 Å². The zero-order valence-corrected chi connectivity index (χ0v) is 10.5. The zero-order valence-electron chi connectivity index (χ0n) is 10.5. The quantitative estimate of drug-likeness (QED) is 0.376. The number of phenolic OH excluding ortho intramolecular Hbond substituents is 1. The van der Waals surface area contributed by atoms with Crippen LogP contribution in [0.25, 0.3) is 0 Å². The van der Waals surface area contributed by atoms with Gasteiger partial charge in [-0.25, -0.2) is 0 Å². The van der Waals surface area contributed by atoms with Crippen molar-refractivity contribution < 1.29 is 9.90 Å². The Morgan fingerprint density at radius 3 is 2.42 bits per heavy atom. The van der Waals surface area contributed by atoms with Gasteiger partial charge in [-0.05, 0) is 31.2 Å². The second-order valence-electron chi connectivity index (χ2n) is 4.33. The van der Waals surface area contributed by atoms with Gasteiger partial charge in [0.15, 0.2) is 5.75 Å².